The number of allylic oxidation sites excluding steroid dienone is 3. The fourth-order valence-electron chi connectivity index (χ4n) is 0.323. The Morgan fingerprint density at radius 3 is 2.30 bits per heavy atom. The summed E-state index contributed by atoms with van der Waals surface area (Å²) >= 11 is 0. The van der Waals surface area contributed by atoms with Crippen LogP contribution < -0.4 is 0 Å². The average molecular weight is 142 g/mol. The van der Waals surface area contributed by atoms with E-state index in [4.69, 9.17) is 0 Å². The van der Waals surface area contributed by atoms with Crippen LogP contribution in [0.4, 0.5) is 4.39 Å². The molecule has 0 heterocycles. The molecule has 0 N–H and O–H groups in total. The molecule has 0 saturated carbocycles. The number of halogens is 1. The largest absolute Gasteiger partial charge is 0.497 e. The van der Waals surface area contributed by atoms with Crippen LogP contribution in [0.5, 0.6) is 0 Å². The minimum absolute atomic E-state index is 0.292. The molecule has 0 aliphatic rings. The van der Waals surface area contributed by atoms with Crippen molar-refractivity contribution in [2.75, 3.05) is 7.11 Å². The molecule has 1 nitrogen and oxygen atoms in total. The molecular formula is C8H11FO. The van der Waals surface area contributed by atoms with E-state index < -0.39 is 5.83 Å². The second-order valence-corrected chi connectivity index (χ2v) is 1.94. The second-order valence-electron chi connectivity index (χ2n) is 1.94. The summed E-state index contributed by atoms with van der Waals surface area (Å²) in [5, 5.41) is 0. The molecule has 0 aromatic carbocycles. The van der Waals surface area contributed by atoms with E-state index in [0.717, 1.165) is 0 Å². The van der Waals surface area contributed by atoms with Crippen molar-refractivity contribution in [2.24, 2.45) is 0 Å². The van der Waals surface area contributed by atoms with Crippen LogP contribution in [0.2, 0.25) is 0 Å². The minimum Gasteiger partial charge on any atom is -0.497 e. The van der Waals surface area contributed by atoms with E-state index in [9.17, 15) is 4.39 Å². The Labute approximate surface area is 60.5 Å². The highest BCUT2D eigenvalue weighted by atomic mass is 19.1. The molecule has 0 rings (SSSR count). The molecule has 56 valence electrons. The van der Waals surface area contributed by atoms with Crippen LogP contribution >= 0.6 is 0 Å². The summed E-state index contributed by atoms with van der Waals surface area (Å²) in [6.45, 7) is 8.40. The fourth-order valence-corrected chi connectivity index (χ4v) is 0.323. The molecule has 0 bridgehead atoms. The van der Waals surface area contributed by atoms with Crippen molar-refractivity contribution in [1.29, 1.82) is 0 Å². The first-order valence-corrected chi connectivity index (χ1v) is 2.84. The first kappa shape index (κ1) is 8.95. The number of methoxy groups -OCH3 is 1. The summed E-state index contributed by atoms with van der Waals surface area (Å²) in [6.07, 6.45) is 1.20. The Hall–Kier alpha value is -1.05. The van der Waals surface area contributed by atoms with Gasteiger partial charge in [-0.1, -0.05) is 13.2 Å². The molecule has 10 heavy (non-hydrogen) atoms. The maximum absolute atomic E-state index is 12.6. The molecule has 0 fully saturated rings. The van der Waals surface area contributed by atoms with Gasteiger partial charge in [-0.3, -0.25) is 0 Å². The lowest BCUT2D eigenvalue weighted by Gasteiger charge is -1.97. The van der Waals surface area contributed by atoms with Crippen molar-refractivity contribution in [3.63, 3.8) is 0 Å². The van der Waals surface area contributed by atoms with Gasteiger partial charge in [-0.2, -0.15) is 0 Å². The van der Waals surface area contributed by atoms with Crippen molar-refractivity contribution in [3.8, 4) is 0 Å². The standard InChI is InChI=1S/C8H11FO/c1-6(2)8(9)5-7(3)10-4/h5H,1,3H2,2,4H3/b8-5+. The summed E-state index contributed by atoms with van der Waals surface area (Å²) in [5.74, 6) is -0.104. The molecule has 0 radical (unpaired) electrons. The van der Waals surface area contributed by atoms with Gasteiger partial charge in [-0.05, 0) is 12.5 Å². The Morgan fingerprint density at radius 2 is 2.00 bits per heavy atom. The van der Waals surface area contributed by atoms with Gasteiger partial charge in [0.1, 0.15) is 11.6 Å². The maximum atomic E-state index is 12.6. The lowest BCUT2D eigenvalue weighted by atomic mass is 10.3. The van der Waals surface area contributed by atoms with Crippen LogP contribution in [-0.2, 0) is 4.74 Å². The van der Waals surface area contributed by atoms with Crippen LogP contribution in [0.25, 0.3) is 0 Å². The van der Waals surface area contributed by atoms with Gasteiger partial charge >= 0.3 is 0 Å². The Balaban J connectivity index is 4.16. The highest BCUT2D eigenvalue weighted by Crippen LogP contribution is 2.10. The van der Waals surface area contributed by atoms with Gasteiger partial charge in [0.15, 0.2) is 0 Å². The predicted molar refractivity (Wildman–Crippen MR) is 40.2 cm³/mol. The number of hydrogen-bond acceptors (Lipinski definition) is 1. The average Bonchev–Trinajstić information content (AvgIpc) is 1.87. The van der Waals surface area contributed by atoms with E-state index in [-0.39, 0.29) is 0 Å². The third-order valence-electron chi connectivity index (χ3n) is 0.958. The molecule has 0 unspecified atom stereocenters. The zero-order valence-electron chi connectivity index (χ0n) is 6.28. The highest BCUT2D eigenvalue weighted by molar-refractivity contribution is 5.25. The normalized spacial score (nSPS) is 10.9. The fraction of sp³-hybridized carbons (Fsp3) is 0.250. The minimum atomic E-state index is -0.396. The number of rotatable bonds is 3. The van der Waals surface area contributed by atoms with Gasteiger partial charge in [0, 0.05) is 6.08 Å². The zero-order valence-corrected chi connectivity index (χ0v) is 6.28. The van der Waals surface area contributed by atoms with E-state index in [1.807, 2.05) is 0 Å². The molecule has 2 heteroatoms. The van der Waals surface area contributed by atoms with E-state index in [2.05, 4.69) is 17.9 Å². The van der Waals surface area contributed by atoms with Gasteiger partial charge < -0.3 is 4.74 Å². The van der Waals surface area contributed by atoms with Crippen LogP contribution in [0, 0.1) is 0 Å². The quantitative estimate of drug-likeness (QED) is 0.434. The smallest absolute Gasteiger partial charge is 0.129 e. The molecule has 0 aliphatic heterocycles. The van der Waals surface area contributed by atoms with Crippen molar-refractivity contribution in [3.05, 3.63) is 36.4 Å². The van der Waals surface area contributed by atoms with Gasteiger partial charge in [0.05, 0.1) is 7.11 Å². The Kier molecular flexibility index (Phi) is 3.47. The third-order valence-corrected chi connectivity index (χ3v) is 0.958. The van der Waals surface area contributed by atoms with E-state index in [0.29, 0.717) is 11.3 Å². The van der Waals surface area contributed by atoms with Crippen LogP contribution in [-0.4, -0.2) is 7.11 Å². The van der Waals surface area contributed by atoms with Crippen LogP contribution in [0.15, 0.2) is 36.4 Å². The zero-order chi connectivity index (χ0) is 8.15. The summed E-state index contributed by atoms with van der Waals surface area (Å²) in [7, 11) is 1.44. The molecular weight excluding hydrogens is 131 g/mol. The molecule has 0 amide bonds. The maximum Gasteiger partial charge on any atom is 0.129 e. The molecule has 0 aromatic heterocycles. The van der Waals surface area contributed by atoms with Crippen LogP contribution in [0.3, 0.4) is 0 Å². The molecule has 0 spiro atoms. The number of hydrogen-bond donors (Lipinski definition) is 0. The SMILES string of the molecule is C=C(/C=C(/F)C(=C)C)OC. The molecule has 0 aromatic rings. The summed E-state index contributed by atoms with van der Waals surface area (Å²) in [6, 6.07) is 0. The summed E-state index contributed by atoms with van der Waals surface area (Å²) in [4.78, 5) is 0. The van der Waals surface area contributed by atoms with Crippen molar-refractivity contribution < 1.29 is 9.13 Å². The van der Waals surface area contributed by atoms with E-state index in [1.54, 1.807) is 6.92 Å². The van der Waals surface area contributed by atoms with Crippen molar-refractivity contribution in [1.82, 2.24) is 0 Å². The first-order chi connectivity index (χ1) is 4.57. The highest BCUT2D eigenvalue weighted by Gasteiger charge is 1.94. The monoisotopic (exact) mass is 142 g/mol. The first-order valence-electron chi connectivity index (χ1n) is 2.84. The van der Waals surface area contributed by atoms with E-state index in [1.165, 1.54) is 13.2 Å². The lowest BCUT2D eigenvalue weighted by Crippen LogP contribution is -1.81. The predicted octanol–water partition coefficient (Wildman–Crippen LogP) is 2.58. The van der Waals surface area contributed by atoms with Gasteiger partial charge in [0.25, 0.3) is 0 Å². The van der Waals surface area contributed by atoms with Crippen molar-refractivity contribution in [2.45, 2.75) is 6.92 Å². The summed E-state index contributed by atoms with van der Waals surface area (Å²) < 4.78 is 17.2. The Bertz CT molecular complexity index is 180. The lowest BCUT2D eigenvalue weighted by molar-refractivity contribution is 0.307. The van der Waals surface area contributed by atoms with Gasteiger partial charge in [-0.25, -0.2) is 4.39 Å². The third kappa shape index (κ3) is 3.07. The van der Waals surface area contributed by atoms with Crippen molar-refractivity contribution >= 4 is 0 Å². The van der Waals surface area contributed by atoms with Gasteiger partial charge in [-0.15, -0.1) is 0 Å². The molecule has 0 aliphatic carbocycles. The second kappa shape index (κ2) is 3.88. The van der Waals surface area contributed by atoms with E-state index >= 15 is 0 Å². The van der Waals surface area contributed by atoms with Gasteiger partial charge in [0.2, 0.25) is 0 Å². The van der Waals surface area contributed by atoms with Crippen LogP contribution in [0.1, 0.15) is 6.92 Å². The molecule has 0 atom stereocenters. The number of ether oxygens (including phenoxy) is 1. The Morgan fingerprint density at radius 1 is 1.50 bits per heavy atom. The summed E-state index contributed by atoms with van der Waals surface area (Å²) in [5.41, 5.74) is 0.373. The topological polar surface area (TPSA) is 9.23 Å². The molecule has 0 saturated heterocycles.